The van der Waals surface area contributed by atoms with Crippen LogP contribution in [-0.4, -0.2) is 16.5 Å². The molecular formula is C15H17BrIN3S. The SMILES string of the molecule is CCCNc1nc(CSc2ccc(Br)cc2)nc(C)c1I. The minimum absolute atomic E-state index is 0.778. The number of nitrogens with one attached hydrogen (secondary N) is 1. The summed E-state index contributed by atoms with van der Waals surface area (Å²) in [5.74, 6) is 2.61. The summed E-state index contributed by atoms with van der Waals surface area (Å²) in [7, 11) is 0. The molecule has 1 aromatic carbocycles. The van der Waals surface area contributed by atoms with Gasteiger partial charge in [-0.05, 0) is 60.2 Å². The molecule has 2 aromatic rings. The van der Waals surface area contributed by atoms with Crippen molar-refractivity contribution in [1.29, 1.82) is 0 Å². The van der Waals surface area contributed by atoms with Gasteiger partial charge in [-0.15, -0.1) is 11.8 Å². The van der Waals surface area contributed by atoms with Crippen molar-refractivity contribution < 1.29 is 0 Å². The molecule has 21 heavy (non-hydrogen) atoms. The predicted molar refractivity (Wildman–Crippen MR) is 102 cm³/mol. The first-order chi connectivity index (χ1) is 10.1. The molecule has 0 saturated heterocycles. The summed E-state index contributed by atoms with van der Waals surface area (Å²) in [6.45, 7) is 5.12. The molecule has 112 valence electrons. The minimum atomic E-state index is 0.778. The summed E-state index contributed by atoms with van der Waals surface area (Å²) in [4.78, 5) is 10.5. The molecule has 3 nitrogen and oxygen atoms in total. The quantitative estimate of drug-likeness (QED) is 0.454. The summed E-state index contributed by atoms with van der Waals surface area (Å²) < 4.78 is 2.21. The van der Waals surface area contributed by atoms with Crippen LogP contribution >= 0.6 is 50.3 Å². The van der Waals surface area contributed by atoms with Gasteiger partial charge >= 0.3 is 0 Å². The summed E-state index contributed by atoms with van der Waals surface area (Å²) in [5, 5.41) is 3.38. The van der Waals surface area contributed by atoms with Crippen LogP contribution in [0.5, 0.6) is 0 Å². The zero-order chi connectivity index (χ0) is 15.2. The third-order valence-corrected chi connectivity index (χ3v) is 5.62. The van der Waals surface area contributed by atoms with Gasteiger partial charge in [0.25, 0.3) is 0 Å². The molecule has 0 amide bonds. The molecule has 0 aliphatic heterocycles. The van der Waals surface area contributed by atoms with Crippen molar-refractivity contribution in [3.63, 3.8) is 0 Å². The Labute approximate surface area is 152 Å². The van der Waals surface area contributed by atoms with E-state index in [4.69, 9.17) is 0 Å². The zero-order valence-electron chi connectivity index (χ0n) is 12.0. The highest BCUT2D eigenvalue weighted by atomic mass is 127. The van der Waals surface area contributed by atoms with E-state index in [0.29, 0.717) is 0 Å². The summed E-state index contributed by atoms with van der Waals surface area (Å²) in [5.41, 5.74) is 1.04. The number of hydrogen-bond donors (Lipinski definition) is 1. The molecule has 0 aliphatic rings. The minimum Gasteiger partial charge on any atom is -0.369 e. The van der Waals surface area contributed by atoms with Crippen molar-refractivity contribution in [2.24, 2.45) is 0 Å². The van der Waals surface area contributed by atoms with E-state index in [2.05, 4.69) is 85.0 Å². The van der Waals surface area contributed by atoms with Crippen LogP contribution in [0.1, 0.15) is 24.9 Å². The first-order valence-corrected chi connectivity index (χ1v) is 9.61. The Morgan fingerprint density at radius 2 is 1.95 bits per heavy atom. The maximum absolute atomic E-state index is 4.64. The van der Waals surface area contributed by atoms with E-state index >= 15 is 0 Å². The van der Waals surface area contributed by atoms with Crippen molar-refractivity contribution in [2.75, 3.05) is 11.9 Å². The lowest BCUT2D eigenvalue weighted by molar-refractivity contribution is 0.933. The number of nitrogens with zero attached hydrogens (tertiary/aromatic N) is 2. The molecule has 6 heteroatoms. The Morgan fingerprint density at radius 3 is 2.62 bits per heavy atom. The van der Waals surface area contributed by atoms with Crippen LogP contribution in [-0.2, 0) is 5.75 Å². The number of hydrogen-bond acceptors (Lipinski definition) is 4. The first-order valence-electron chi connectivity index (χ1n) is 6.75. The molecule has 0 saturated carbocycles. The molecule has 1 N–H and O–H groups in total. The average molecular weight is 478 g/mol. The molecule has 1 aromatic heterocycles. The van der Waals surface area contributed by atoms with E-state index in [1.54, 1.807) is 11.8 Å². The van der Waals surface area contributed by atoms with Crippen molar-refractivity contribution >= 4 is 56.1 Å². The van der Waals surface area contributed by atoms with E-state index in [1.807, 2.05) is 6.92 Å². The lowest BCUT2D eigenvalue weighted by Crippen LogP contribution is -2.08. The monoisotopic (exact) mass is 477 g/mol. The van der Waals surface area contributed by atoms with E-state index in [0.717, 1.165) is 44.1 Å². The molecule has 0 fully saturated rings. The fourth-order valence-electron chi connectivity index (χ4n) is 1.72. The van der Waals surface area contributed by atoms with E-state index < -0.39 is 0 Å². The van der Waals surface area contributed by atoms with Gasteiger partial charge < -0.3 is 5.32 Å². The first kappa shape index (κ1) is 17.0. The van der Waals surface area contributed by atoms with Crippen LogP contribution in [0.4, 0.5) is 5.82 Å². The van der Waals surface area contributed by atoms with Crippen molar-refractivity contribution in [2.45, 2.75) is 30.9 Å². The van der Waals surface area contributed by atoms with Gasteiger partial charge in [-0.2, -0.15) is 0 Å². The maximum Gasteiger partial charge on any atom is 0.143 e. The zero-order valence-corrected chi connectivity index (χ0v) is 16.5. The molecule has 0 bridgehead atoms. The molecule has 0 spiro atoms. The second-order valence-corrected chi connectivity index (χ2v) is 7.60. The Kier molecular flexibility index (Phi) is 6.75. The fraction of sp³-hybridized carbons (Fsp3) is 0.333. The van der Waals surface area contributed by atoms with Crippen molar-refractivity contribution in [3.8, 4) is 0 Å². The van der Waals surface area contributed by atoms with Gasteiger partial charge in [0.1, 0.15) is 11.6 Å². The number of thioether (sulfide) groups is 1. The van der Waals surface area contributed by atoms with Crippen LogP contribution in [0.3, 0.4) is 0 Å². The van der Waals surface area contributed by atoms with Crippen molar-refractivity contribution in [3.05, 3.63) is 43.8 Å². The average Bonchev–Trinajstić information content (AvgIpc) is 2.48. The Bertz CT molecular complexity index is 605. The van der Waals surface area contributed by atoms with Gasteiger partial charge in [0.2, 0.25) is 0 Å². The smallest absolute Gasteiger partial charge is 0.143 e. The largest absolute Gasteiger partial charge is 0.369 e. The molecule has 2 rings (SSSR count). The number of benzene rings is 1. The highest BCUT2D eigenvalue weighted by Gasteiger charge is 2.09. The van der Waals surface area contributed by atoms with E-state index in [1.165, 1.54) is 4.90 Å². The molecular weight excluding hydrogens is 461 g/mol. The van der Waals surface area contributed by atoms with Gasteiger partial charge in [-0.3, -0.25) is 0 Å². The summed E-state index contributed by atoms with van der Waals surface area (Å²) in [6, 6.07) is 8.31. The normalized spacial score (nSPS) is 10.7. The molecule has 0 unspecified atom stereocenters. The number of aryl methyl sites for hydroxylation is 1. The van der Waals surface area contributed by atoms with Crippen LogP contribution in [0, 0.1) is 10.5 Å². The highest BCUT2D eigenvalue weighted by molar-refractivity contribution is 14.1. The van der Waals surface area contributed by atoms with Crippen LogP contribution in [0.15, 0.2) is 33.6 Å². The van der Waals surface area contributed by atoms with Crippen LogP contribution in [0.2, 0.25) is 0 Å². The summed E-state index contributed by atoms with van der Waals surface area (Å²) in [6.07, 6.45) is 1.09. The van der Waals surface area contributed by atoms with Gasteiger partial charge in [0.05, 0.1) is 15.0 Å². The lowest BCUT2D eigenvalue weighted by atomic mass is 10.4. The van der Waals surface area contributed by atoms with E-state index in [-0.39, 0.29) is 0 Å². The van der Waals surface area contributed by atoms with E-state index in [9.17, 15) is 0 Å². The summed E-state index contributed by atoms with van der Waals surface area (Å²) >= 11 is 7.51. The Morgan fingerprint density at radius 1 is 1.24 bits per heavy atom. The van der Waals surface area contributed by atoms with Gasteiger partial charge in [-0.25, -0.2) is 9.97 Å². The fourth-order valence-corrected chi connectivity index (χ4v) is 3.17. The predicted octanol–water partition coefficient (Wildman–Crippen LogP) is 5.27. The number of rotatable bonds is 6. The molecule has 1 heterocycles. The number of halogens is 2. The second-order valence-electron chi connectivity index (χ2n) is 4.56. The number of aromatic nitrogens is 2. The Hall–Kier alpha value is -0.340. The molecule has 0 aliphatic carbocycles. The lowest BCUT2D eigenvalue weighted by Gasteiger charge is -2.10. The number of anilines is 1. The second kappa shape index (κ2) is 8.33. The van der Waals surface area contributed by atoms with Gasteiger partial charge in [0.15, 0.2) is 0 Å². The van der Waals surface area contributed by atoms with Crippen LogP contribution in [0.25, 0.3) is 0 Å². The third-order valence-electron chi connectivity index (χ3n) is 2.79. The third kappa shape index (κ3) is 5.10. The van der Waals surface area contributed by atoms with Gasteiger partial charge in [0, 0.05) is 15.9 Å². The van der Waals surface area contributed by atoms with Crippen molar-refractivity contribution in [1.82, 2.24) is 9.97 Å². The molecule has 0 atom stereocenters. The van der Waals surface area contributed by atoms with Gasteiger partial charge in [-0.1, -0.05) is 22.9 Å². The Balaban J connectivity index is 2.08. The topological polar surface area (TPSA) is 37.8 Å². The maximum atomic E-state index is 4.64. The standard InChI is InChI=1S/C15H17BrIN3S/c1-3-8-18-15-14(17)10(2)19-13(20-15)9-21-12-6-4-11(16)5-7-12/h4-7H,3,8-9H2,1-2H3,(H,18,19,20). The van der Waals surface area contributed by atoms with Crippen LogP contribution < -0.4 is 5.32 Å². The molecule has 0 radical (unpaired) electrons. The highest BCUT2D eigenvalue weighted by Crippen LogP contribution is 2.25.